The Morgan fingerprint density at radius 3 is 1.81 bits per heavy atom. The van der Waals surface area contributed by atoms with E-state index in [1.807, 2.05) is 19.2 Å². The maximum Gasteiger partial charge on any atom is 0.189 e. The van der Waals surface area contributed by atoms with Crippen LogP contribution >= 0.6 is 0 Å². The molecular formula is C23H31NO3. The van der Waals surface area contributed by atoms with Crippen molar-refractivity contribution in [2.75, 3.05) is 33.5 Å². The number of Topliss-reactive ketones (excluding diaryl/α,β-unsaturated/α-hetero) is 1. The third-order valence-electron chi connectivity index (χ3n) is 5.21. The van der Waals surface area contributed by atoms with E-state index >= 15 is 0 Å². The minimum atomic E-state index is 0.0626. The van der Waals surface area contributed by atoms with E-state index in [1.165, 1.54) is 36.0 Å². The molecule has 3 aliphatic rings. The fourth-order valence-electron chi connectivity index (χ4n) is 3.96. The predicted molar refractivity (Wildman–Crippen MR) is 108 cm³/mol. The van der Waals surface area contributed by atoms with Crippen LogP contribution in [-0.4, -0.2) is 44.2 Å². The van der Waals surface area contributed by atoms with Crippen LogP contribution in [0.5, 0.6) is 0 Å². The molecule has 0 atom stereocenters. The molecule has 2 aliphatic heterocycles. The Hall–Kier alpha value is -1.91. The van der Waals surface area contributed by atoms with Gasteiger partial charge in [0.05, 0.1) is 13.2 Å². The molecule has 2 heterocycles. The number of carbonyl (C=O) groups excluding carboxylic acids is 1. The molecule has 1 fully saturated rings. The summed E-state index contributed by atoms with van der Waals surface area (Å²) in [5.41, 5.74) is 6.13. The Morgan fingerprint density at radius 2 is 1.30 bits per heavy atom. The average molecular weight is 370 g/mol. The van der Waals surface area contributed by atoms with Gasteiger partial charge >= 0.3 is 0 Å². The molecule has 0 unspecified atom stereocenters. The second-order valence-corrected chi connectivity index (χ2v) is 7.66. The molecule has 0 spiro atoms. The first-order valence-corrected chi connectivity index (χ1v) is 10.0. The first-order valence-electron chi connectivity index (χ1n) is 10.0. The summed E-state index contributed by atoms with van der Waals surface area (Å²) in [5.74, 6) is 0.0626. The molecule has 27 heavy (non-hydrogen) atoms. The fraction of sp³-hybridized carbons (Fsp3) is 0.522. The topological polar surface area (TPSA) is 38.8 Å². The largest absolute Gasteiger partial charge is 0.377 e. The van der Waals surface area contributed by atoms with Crippen LogP contribution < -0.4 is 0 Å². The summed E-state index contributed by atoms with van der Waals surface area (Å²) in [6.07, 6.45) is 13.9. The van der Waals surface area contributed by atoms with Crippen LogP contribution in [-0.2, 0) is 14.3 Å². The molecule has 1 saturated heterocycles. The van der Waals surface area contributed by atoms with Crippen molar-refractivity contribution in [3.63, 3.8) is 0 Å². The molecule has 0 radical (unpaired) electrons. The van der Waals surface area contributed by atoms with Gasteiger partial charge in [0.2, 0.25) is 0 Å². The van der Waals surface area contributed by atoms with Crippen molar-refractivity contribution in [3.8, 4) is 0 Å². The van der Waals surface area contributed by atoms with E-state index in [0.29, 0.717) is 26.4 Å². The lowest BCUT2D eigenvalue weighted by molar-refractivity contribution is -0.113. The number of rotatable bonds is 0. The van der Waals surface area contributed by atoms with Gasteiger partial charge < -0.3 is 14.4 Å². The van der Waals surface area contributed by atoms with Crippen LogP contribution in [0.25, 0.3) is 0 Å². The molecule has 4 heteroatoms. The molecule has 0 N–H and O–H groups in total. The molecule has 146 valence electrons. The highest BCUT2D eigenvalue weighted by Gasteiger charge is 2.23. The summed E-state index contributed by atoms with van der Waals surface area (Å²) in [6, 6.07) is 0. The maximum absolute atomic E-state index is 12.9. The summed E-state index contributed by atoms with van der Waals surface area (Å²) in [7, 11) is 2.03. The quantitative estimate of drug-likeness (QED) is 0.631. The van der Waals surface area contributed by atoms with Crippen molar-refractivity contribution in [1.82, 2.24) is 4.90 Å². The molecular weight excluding hydrogens is 338 g/mol. The third-order valence-corrected chi connectivity index (χ3v) is 5.21. The van der Waals surface area contributed by atoms with Crippen molar-refractivity contribution >= 4 is 5.78 Å². The lowest BCUT2D eigenvalue weighted by atomic mass is 9.86. The van der Waals surface area contributed by atoms with Crippen molar-refractivity contribution in [2.45, 2.75) is 46.0 Å². The zero-order valence-corrected chi connectivity index (χ0v) is 16.8. The molecule has 3 rings (SSSR count). The van der Waals surface area contributed by atoms with E-state index < -0.39 is 0 Å². The molecule has 0 aromatic heterocycles. The maximum atomic E-state index is 12.9. The highest BCUT2D eigenvalue weighted by molar-refractivity contribution is 6.10. The zero-order valence-electron chi connectivity index (χ0n) is 16.8. The molecule has 4 nitrogen and oxygen atoms in total. The van der Waals surface area contributed by atoms with Gasteiger partial charge in [0.15, 0.2) is 5.78 Å². The lowest BCUT2D eigenvalue weighted by Gasteiger charge is -2.25. The SMILES string of the molecule is CC1=CN(C)C=C(C)C1=C1C=C2COCCCCCCCOCC(=C1)C2=O. The van der Waals surface area contributed by atoms with Gasteiger partial charge in [-0.2, -0.15) is 0 Å². The Labute approximate surface area is 162 Å². The number of carbonyl (C=O) groups is 1. The third kappa shape index (κ3) is 5.08. The Bertz CT molecular complexity index is 681. The number of fused-ring (bicyclic) bond motifs is 2. The van der Waals surface area contributed by atoms with Gasteiger partial charge in [0.25, 0.3) is 0 Å². The van der Waals surface area contributed by atoms with Crippen molar-refractivity contribution in [2.24, 2.45) is 0 Å². The van der Waals surface area contributed by atoms with E-state index in [0.717, 1.165) is 29.6 Å². The van der Waals surface area contributed by atoms with Crippen LogP contribution in [0.4, 0.5) is 0 Å². The van der Waals surface area contributed by atoms with E-state index in [4.69, 9.17) is 9.47 Å². The predicted octanol–water partition coefficient (Wildman–Crippen LogP) is 4.47. The van der Waals surface area contributed by atoms with Crippen molar-refractivity contribution in [1.29, 1.82) is 0 Å². The van der Waals surface area contributed by atoms with Gasteiger partial charge in [-0.15, -0.1) is 0 Å². The Balaban J connectivity index is 1.93. The Kier molecular flexibility index (Phi) is 6.86. The number of nitrogens with zero attached hydrogens (tertiary/aromatic N) is 1. The molecule has 0 aromatic carbocycles. The van der Waals surface area contributed by atoms with Gasteiger partial charge in [0.1, 0.15) is 0 Å². The second-order valence-electron chi connectivity index (χ2n) is 7.66. The number of allylic oxidation sites excluding steroid dienone is 6. The van der Waals surface area contributed by atoms with E-state index in [2.05, 4.69) is 31.1 Å². The fourth-order valence-corrected chi connectivity index (χ4v) is 3.96. The number of ether oxygens (including phenoxy) is 2. The van der Waals surface area contributed by atoms with Crippen LogP contribution in [0.2, 0.25) is 0 Å². The normalized spacial score (nSPS) is 23.2. The lowest BCUT2D eigenvalue weighted by Crippen LogP contribution is -2.20. The number of hydrogen-bond acceptors (Lipinski definition) is 4. The van der Waals surface area contributed by atoms with Gasteiger partial charge in [-0.1, -0.05) is 19.3 Å². The minimum Gasteiger partial charge on any atom is -0.377 e. The highest BCUT2D eigenvalue weighted by Crippen LogP contribution is 2.32. The average Bonchev–Trinajstić information content (AvgIpc) is 2.60. The van der Waals surface area contributed by atoms with Gasteiger partial charge in [-0.25, -0.2) is 0 Å². The van der Waals surface area contributed by atoms with Crippen LogP contribution in [0.15, 0.2) is 58.0 Å². The smallest absolute Gasteiger partial charge is 0.189 e. The van der Waals surface area contributed by atoms with Crippen molar-refractivity contribution < 1.29 is 14.3 Å². The number of hydrogen-bond donors (Lipinski definition) is 0. The number of ketones is 1. The van der Waals surface area contributed by atoms with Crippen LogP contribution in [0, 0.1) is 0 Å². The van der Waals surface area contributed by atoms with Gasteiger partial charge in [-0.3, -0.25) is 4.79 Å². The van der Waals surface area contributed by atoms with E-state index in [1.54, 1.807) is 0 Å². The van der Waals surface area contributed by atoms with Crippen LogP contribution in [0.3, 0.4) is 0 Å². The van der Waals surface area contributed by atoms with Crippen molar-refractivity contribution in [3.05, 3.63) is 58.0 Å². The molecule has 0 saturated carbocycles. The van der Waals surface area contributed by atoms with E-state index in [-0.39, 0.29) is 5.78 Å². The zero-order chi connectivity index (χ0) is 19.2. The van der Waals surface area contributed by atoms with Gasteiger partial charge in [-0.05, 0) is 61.1 Å². The molecule has 0 amide bonds. The van der Waals surface area contributed by atoms with Gasteiger partial charge in [0, 0.05) is 43.8 Å². The summed E-state index contributed by atoms with van der Waals surface area (Å²) in [6.45, 7) is 6.41. The van der Waals surface area contributed by atoms with Crippen LogP contribution in [0.1, 0.15) is 46.0 Å². The second kappa shape index (κ2) is 9.34. The van der Waals surface area contributed by atoms with E-state index in [9.17, 15) is 4.79 Å². The molecule has 1 aliphatic carbocycles. The summed E-state index contributed by atoms with van der Waals surface area (Å²) >= 11 is 0. The molecule has 0 aromatic rings. The molecule has 2 bridgehead atoms. The highest BCUT2D eigenvalue weighted by atomic mass is 16.5. The first-order chi connectivity index (χ1) is 13.1. The monoisotopic (exact) mass is 369 g/mol. The first kappa shape index (κ1) is 19.8. The standard InChI is InChI=1S/C23H31NO3/c1-17-13-24(3)14-18(2)22(17)19-11-20-15-26-9-7-5-4-6-8-10-27-16-21(12-19)23(20)25/h11-14H,4-10,15-16H2,1-3H3. The summed E-state index contributed by atoms with van der Waals surface area (Å²) in [5, 5.41) is 0. The minimum absolute atomic E-state index is 0.0626. The Morgan fingerprint density at radius 1 is 0.815 bits per heavy atom. The summed E-state index contributed by atoms with van der Waals surface area (Å²) in [4.78, 5) is 15.0. The summed E-state index contributed by atoms with van der Waals surface area (Å²) < 4.78 is 11.6.